The second kappa shape index (κ2) is 19.1. The normalized spacial score (nSPS) is 16.3. The van der Waals surface area contributed by atoms with Crippen LogP contribution < -0.4 is 21.3 Å². The number of nitrogens with one attached hydrogen (secondary N) is 4. The predicted molar refractivity (Wildman–Crippen MR) is 189 cm³/mol. The molecule has 1 aliphatic carbocycles. The van der Waals surface area contributed by atoms with E-state index in [1.54, 1.807) is 45.9 Å². The smallest absolute Gasteiger partial charge is 0.348 e. The van der Waals surface area contributed by atoms with Crippen molar-refractivity contribution < 1.29 is 45.6 Å². The molecular formula is C36H52F3N5O7S. The van der Waals surface area contributed by atoms with Crippen LogP contribution in [0.1, 0.15) is 92.4 Å². The van der Waals surface area contributed by atoms with Crippen molar-refractivity contribution in [2.24, 2.45) is 5.41 Å². The van der Waals surface area contributed by atoms with E-state index in [1.165, 1.54) is 19.1 Å². The van der Waals surface area contributed by atoms with Crippen LogP contribution in [0.15, 0.2) is 35.2 Å². The lowest BCUT2D eigenvalue weighted by molar-refractivity contribution is -0.147. The summed E-state index contributed by atoms with van der Waals surface area (Å²) in [5.41, 5.74) is -2.04. The highest BCUT2D eigenvalue weighted by Crippen LogP contribution is 2.32. The molecule has 1 saturated carbocycles. The van der Waals surface area contributed by atoms with Gasteiger partial charge in [-0.25, -0.2) is 13.2 Å². The minimum absolute atomic E-state index is 0.00368. The number of terminal acetylenes is 1. The number of hydrogen-bond acceptors (Lipinski definition) is 7. The molecule has 3 atom stereocenters. The van der Waals surface area contributed by atoms with Crippen molar-refractivity contribution in [1.29, 1.82) is 0 Å². The van der Waals surface area contributed by atoms with Crippen LogP contribution in [0.2, 0.25) is 0 Å². The summed E-state index contributed by atoms with van der Waals surface area (Å²) in [4.78, 5) is 67.9. The lowest BCUT2D eigenvalue weighted by Gasteiger charge is -2.40. The molecule has 16 heteroatoms. The zero-order chi connectivity index (χ0) is 39.3. The number of carbonyl (C=O) groups excluding carboxylic acids is 5. The summed E-state index contributed by atoms with van der Waals surface area (Å²) in [5, 5.41) is 10.0. The van der Waals surface area contributed by atoms with Crippen molar-refractivity contribution in [3.05, 3.63) is 30.3 Å². The molecule has 1 fully saturated rings. The van der Waals surface area contributed by atoms with Crippen LogP contribution in [-0.4, -0.2) is 91.5 Å². The second-order valence-corrected chi connectivity index (χ2v) is 16.3. The Kier molecular flexibility index (Phi) is 16.2. The standard InChI is InChI=1S/C36H52F3N5O7S/c1-7-9-22-40-31(47)28(45)27(18-21-36(37,38)39)41-30(46)25(3)44(23-8-2)32(48)29(34(4,5)6)42-33(49)43-35(19-14-11-15-20-35)24-52(50,51)26-16-12-10-13-17-26/h1,10,12-13,16-17,25,27,29H,8-9,11,14-15,18-24H2,2-6H3,(H,40,47)(H,41,46)(H2,42,43,49)/t25-,27?,29+/m0/s1. The highest BCUT2D eigenvalue weighted by atomic mass is 32.2. The average Bonchev–Trinajstić information content (AvgIpc) is 3.06. The quantitative estimate of drug-likeness (QED) is 0.106. The van der Waals surface area contributed by atoms with Crippen LogP contribution in [0.3, 0.4) is 0 Å². The number of rotatable bonds is 17. The number of nitrogens with zero attached hydrogens (tertiary/aromatic N) is 1. The fourth-order valence-corrected chi connectivity index (χ4v) is 7.90. The maximum atomic E-state index is 14.2. The first-order valence-corrected chi connectivity index (χ1v) is 19.1. The number of sulfone groups is 1. The maximum Gasteiger partial charge on any atom is 0.389 e. The van der Waals surface area contributed by atoms with Crippen molar-refractivity contribution in [2.75, 3.05) is 18.8 Å². The van der Waals surface area contributed by atoms with Crippen LogP contribution >= 0.6 is 0 Å². The molecule has 0 heterocycles. The minimum Gasteiger partial charge on any atom is -0.348 e. The highest BCUT2D eigenvalue weighted by molar-refractivity contribution is 7.91. The SMILES string of the molecule is C#CCCNC(=O)C(=O)C(CCC(F)(F)F)NC(=O)[C@H](C)N(CCC)C(=O)[C@@H](NC(=O)NC1(CS(=O)(=O)c2ccccc2)CCCCC1)C(C)(C)C. The Hall–Kier alpha value is -4.13. The first-order chi connectivity index (χ1) is 24.2. The van der Waals surface area contributed by atoms with Gasteiger partial charge in [-0.05, 0) is 50.2 Å². The number of benzene rings is 1. The second-order valence-electron chi connectivity index (χ2n) is 14.3. The summed E-state index contributed by atoms with van der Waals surface area (Å²) < 4.78 is 66.2. The van der Waals surface area contributed by atoms with Gasteiger partial charge in [-0.15, -0.1) is 12.3 Å². The molecule has 0 aromatic heterocycles. The van der Waals surface area contributed by atoms with Crippen LogP contribution in [-0.2, 0) is 29.0 Å². The zero-order valence-electron chi connectivity index (χ0n) is 30.5. The van der Waals surface area contributed by atoms with E-state index in [1.807, 2.05) is 0 Å². The van der Waals surface area contributed by atoms with Gasteiger partial charge in [0.2, 0.25) is 17.6 Å². The van der Waals surface area contributed by atoms with Gasteiger partial charge in [-0.1, -0.05) is 65.2 Å². The Morgan fingerprint density at radius 1 is 1.00 bits per heavy atom. The predicted octanol–water partition coefficient (Wildman–Crippen LogP) is 4.04. The first-order valence-electron chi connectivity index (χ1n) is 17.5. The third-order valence-corrected chi connectivity index (χ3v) is 10.8. The Morgan fingerprint density at radius 3 is 2.15 bits per heavy atom. The van der Waals surface area contributed by atoms with Crippen LogP contribution in [0.5, 0.6) is 0 Å². The first kappa shape index (κ1) is 44.0. The molecule has 1 aromatic carbocycles. The number of hydrogen-bond donors (Lipinski definition) is 4. The summed E-state index contributed by atoms with van der Waals surface area (Å²) in [5.74, 6) is -2.28. The number of halogens is 3. The molecule has 2 rings (SSSR count). The Morgan fingerprint density at radius 2 is 1.62 bits per heavy atom. The van der Waals surface area contributed by atoms with E-state index in [4.69, 9.17) is 6.42 Å². The van der Waals surface area contributed by atoms with Gasteiger partial charge in [-0.3, -0.25) is 19.2 Å². The lowest BCUT2D eigenvalue weighted by Crippen LogP contribution is -2.63. The molecule has 290 valence electrons. The minimum atomic E-state index is -4.69. The summed E-state index contributed by atoms with van der Waals surface area (Å²) in [6.07, 6.45) is 1.51. The molecule has 0 spiro atoms. The molecule has 0 bridgehead atoms. The van der Waals surface area contributed by atoms with Gasteiger partial charge < -0.3 is 26.2 Å². The number of amides is 5. The van der Waals surface area contributed by atoms with Crippen LogP contribution in [0, 0.1) is 17.8 Å². The number of alkyl halides is 3. The fraction of sp³-hybridized carbons (Fsp3) is 0.639. The topological polar surface area (TPSA) is 171 Å². The van der Waals surface area contributed by atoms with Crippen LogP contribution in [0.25, 0.3) is 0 Å². The summed E-state index contributed by atoms with van der Waals surface area (Å²) in [6.45, 7) is 8.01. The number of ketones is 1. The van der Waals surface area contributed by atoms with Crippen molar-refractivity contribution in [1.82, 2.24) is 26.2 Å². The molecule has 0 radical (unpaired) electrons. The van der Waals surface area contributed by atoms with E-state index in [9.17, 15) is 45.6 Å². The van der Waals surface area contributed by atoms with Gasteiger partial charge in [0.1, 0.15) is 12.1 Å². The molecule has 0 aliphatic heterocycles. The molecule has 12 nitrogen and oxygen atoms in total. The Balaban J connectivity index is 2.32. The van der Waals surface area contributed by atoms with E-state index >= 15 is 0 Å². The third kappa shape index (κ3) is 13.4. The van der Waals surface area contributed by atoms with Gasteiger partial charge in [0.15, 0.2) is 9.84 Å². The average molecular weight is 756 g/mol. The molecule has 5 amide bonds. The third-order valence-electron chi connectivity index (χ3n) is 8.87. The molecule has 4 N–H and O–H groups in total. The summed E-state index contributed by atoms with van der Waals surface area (Å²) in [7, 11) is -3.80. The fourth-order valence-electron chi connectivity index (χ4n) is 6.07. The van der Waals surface area contributed by atoms with E-state index < -0.39 is 87.5 Å². The number of Topliss-reactive ketones (excluding diaryl/α,β-unsaturated/α-hetero) is 1. The van der Waals surface area contributed by atoms with E-state index in [2.05, 4.69) is 27.2 Å². The number of urea groups is 1. The van der Waals surface area contributed by atoms with Crippen molar-refractivity contribution in [2.45, 2.75) is 127 Å². The molecule has 1 unspecified atom stereocenters. The van der Waals surface area contributed by atoms with Crippen molar-refractivity contribution >= 4 is 39.4 Å². The van der Waals surface area contributed by atoms with E-state index in [0.717, 1.165) is 11.3 Å². The van der Waals surface area contributed by atoms with Gasteiger partial charge in [0, 0.05) is 25.9 Å². The monoisotopic (exact) mass is 755 g/mol. The lowest BCUT2D eigenvalue weighted by atomic mass is 9.83. The zero-order valence-corrected chi connectivity index (χ0v) is 31.3. The van der Waals surface area contributed by atoms with Crippen molar-refractivity contribution in [3.63, 3.8) is 0 Å². The number of carbonyl (C=O) groups is 5. The molecule has 1 aliphatic rings. The van der Waals surface area contributed by atoms with Gasteiger partial charge in [0.05, 0.1) is 22.2 Å². The molecule has 52 heavy (non-hydrogen) atoms. The van der Waals surface area contributed by atoms with Crippen LogP contribution in [0.4, 0.5) is 18.0 Å². The van der Waals surface area contributed by atoms with Crippen molar-refractivity contribution in [3.8, 4) is 12.3 Å². The maximum absolute atomic E-state index is 14.2. The molecule has 1 aromatic rings. The molecular weight excluding hydrogens is 703 g/mol. The van der Waals surface area contributed by atoms with Gasteiger partial charge >= 0.3 is 12.2 Å². The molecule has 0 saturated heterocycles. The van der Waals surface area contributed by atoms with Gasteiger partial charge in [0.25, 0.3) is 5.91 Å². The summed E-state index contributed by atoms with van der Waals surface area (Å²) in [6, 6.07) is 2.70. The van der Waals surface area contributed by atoms with E-state index in [0.29, 0.717) is 32.1 Å². The Bertz CT molecular complexity index is 1550. The highest BCUT2D eigenvalue weighted by Gasteiger charge is 2.43. The summed E-state index contributed by atoms with van der Waals surface area (Å²) >= 11 is 0. The largest absolute Gasteiger partial charge is 0.389 e. The Labute approximate surface area is 304 Å². The van der Waals surface area contributed by atoms with E-state index in [-0.39, 0.29) is 30.2 Å². The van der Waals surface area contributed by atoms with Gasteiger partial charge in [-0.2, -0.15) is 13.2 Å².